The number of nitrogens with zero attached hydrogens (tertiary/aromatic N) is 1. The number of pyridine rings is 1. The Morgan fingerprint density at radius 3 is 2.75 bits per heavy atom. The molecule has 0 spiro atoms. The Hall–Kier alpha value is -2.16. The van der Waals surface area contributed by atoms with E-state index in [1.807, 2.05) is 0 Å². The summed E-state index contributed by atoms with van der Waals surface area (Å²) < 4.78 is 30.2. The molecular formula is C11H14N2O6S. The average Bonchev–Trinajstić information content (AvgIpc) is 2.37. The first-order valence-corrected chi connectivity index (χ1v) is 7.34. The van der Waals surface area contributed by atoms with Gasteiger partial charge in [0.1, 0.15) is 5.69 Å². The largest absolute Gasteiger partial charge is 0.477 e. The predicted octanol–water partition coefficient (Wildman–Crippen LogP) is 0.475. The first-order chi connectivity index (χ1) is 9.34. The maximum Gasteiger partial charge on any atom is 0.354 e. The minimum Gasteiger partial charge on any atom is -0.477 e. The van der Waals surface area contributed by atoms with Crippen LogP contribution in [0.2, 0.25) is 0 Å². The van der Waals surface area contributed by atoms with Crippen LogP contribution in [0.4, 0.5) is 5.69 Å². The monoisotopic (exact) mass is 302 g/mol. The van der Waals surface area contributed by atoms with Crippen molar-refractivity contribution >= 4 is 27.6 Å². The first-order valence-electron chi connectivity index (χ1n) is 5.69. The number of carbonyl (C=O) groups is 2. The SMILES string of the molecule is CCOC(=O)CCS(=O)(=O)Nc1ccnc(C(=O)O)c1. The average molecular weight is 302 g/mol. The van der Waals surface area contributed by atoms with E-state index in [0.29, 0.717) is 0 Å². The summed E-state index contributed by atoms with van der Waals surface area (Å²) in [5.41, 5.74) is -0.211. The molecule has 0 fully saturated rings. The van der Waals surface area contributed by atoms with Crippen LogP contribution in [0, 0.1) is 0 Å². The standard InChI is InChI=1S/C11H14N2O6S/c1-2-19-10(14)4-6-20(17,18)13-8-3-5-12-9(7-8)11(15)16/h3,5,7H,2,4,6H2,1H3,(H,12,13)(H,15,16). The fourth-order valence-electron chi connectivity index (χ4n) is 1.29. The highest BCUT2D eigenvalue weighted by Gasteiger charge is 2.15. The molecule has 0 aliphatic heterocycles. The molecule has 9 heteroatoms. The Morgan fingerprint density at radius 2 is 2.15 bits per heavy atom. The maximum absolute atomic E-state index is 11.7. The third kappa shape index (κ3) is 5.22. The zero-order valence-corrected chi connectivity index (χ0v) is 11.5. The molecule has 0 radical (unpaired) electrons. The number of carboxylic acid groups (broad SMARTS) is 1. The molecule has 2 N–H and O–H groups in total. The summed E-state index contributed by atoms with van der Waals surface area (Å²) in [6, 6.07) is 2.40. The second kappa shape index (κ2) is 6.85. The summed E-state index contributed by atoms with van der Waals surface area (Å²) in [7, 11) is -3.76. The number of ether oxygens (including phenoxy) is 1. The molecule has 0 aromatic carbocycles. The molecule has 0 aliphatic rings. The lowest BCUT2D eigenvalue weighted by molar-refractivity contribution is -0.142. The van der Waals surface area contributed by atoms with Crippen molar-refractivity contribution in [3.63, 3.8) is 0 Å². The molecule has 0 amide bonds. The van der Waals surface area contributed by atoms with Gasteiger partial charge in [0.15, 0.2) is 0 Å². The maximum atomic E-state index is 11.7. The lowest BCUT2D eigenvalue weighted by Gasteiger charge is -2.08. The highest BCUT2D eigenvalue weighted by Crippen LogP contribution is 2.11. The number of sulfonamides is 1. The van der Waals surface area contributed by atoms with Crippen LogP contribution in [0.15, 0.2) is 18.3 Å². The van der Waals surface area contributed by atoms with Crippen LogP contribution in [0.25, 0.3) is 0 Å². The van der Waals surface area contributed by atoms with Gasteiger partial charge >= 0.3 is 11.9 Å². The van der Waals surface area contributed by atoms with Crippen molar-refractivity contribution in [2.24, 2.45) is 0 Å². The minimum absolute atomic E-state index is 0.0706. The smallest absolute Gasteiger partial charge is 0.354 e. The molecule has 0 aliphatic carbocycles. The molecule has 0 atom stereocenters. The van der Waals surface area contributed by atoms with Gasteiger partial charge in [-0.25, -0.2) is 18.2 Å². The summed E-state index contributed by atoms with van der Waals surface area (Å²) in [5.74, 6) is -2.33. The summed E-state index contributed by atoms with van der Waals surface area (Å²) in [6.45, 7) is 1.80. The fourth-order valence-corrected chi connectivity index (χ4v) is 2.32. The number of aromatic nitrogens is 1. The minimum atomic E-state index is -3.76. The summed E-state index contributed by atoms with van der Waals surface area (Å²) in [4.78, 5) is 25.3. The van der Waals surface area contributed by atoms with Crippen LogP contribution < -0.4 is 4.72 Å². The molecule has 110 valence electrons. The van der Waals surface area contributed by atoms with Gasteiger partial charge in [-0.05, 0) is 19.1 Å². The van der Waals surface area contributed by atoms with Crippen molar-refractivity contribution in [3.05, 3.63) is 24.0 Å². The van der Waals surface area contributed by atoms with Gasteiger partial charge in [-0.2, -0.15) is 0 Å². The van der Waals surface area contributed by atoms with Gasteiger partial charge in [-0.1, -0.05) is 0 Å². The summed E-state index contributed by atoms with van der Waals surface area (Å²) >= 11 is 0. The van der Waals surface area contributed by atoms with Gasteiger partial charge in [-0.3, -0.25) is 9.52 Å². The van der Waals surface area contributed by atoms with Crippen LogP contribution in [0.1, 0.15) is 23.8 Å². The Bertz CT molecular complexity index is 599. The van der Waals surface area contributed by atoms with E-state index in [1.165, 1.54) is 12.3 Å². The Labute approximate surface area is 115 Å². The predicted molar refractivity (Wildman–Crippen MR) is 69.9 cm³/mol. The number of nitrogens with one attached hydrogen (secondary N) is 1. The van der Waals surface area contributed by atoms with Crippen molar-refractivity contribution < 1.29 is 27.9 Å². The van der Waals surface area contributed by atoms with Gasteiger partial charge < -0.3 is 9.84 Å². The van der Waals surface area contributed by atoms with Gasteiger partial charge in [0.25, 0.3) is 0 Å². The van der Waals surface area contributed by atoms with Crippen LogP contribution in [-0.2, 0) is 19.6 Å². The van der Waals surface area contributed by atoms with Crippen molar-refractivity contribution in [2.75, 3.05) is 17.1 Å². The summed E-state index contributed by atoms with van der Waals surface area (Å²) in [5, 5.41) is 8.74. The summed E-state index contributed by atoms with van der Waals surface area (Å²) in [6.07, 6.45) is 0.896. The number of rotatable bonds is 7. The number of hydrogen-bond donors (Lipinski definition) is 2. The van der Waals surface area contributed by atoms with E-state index in [1.54, 1.807) is 6.92 Å². The van der Waals surface area contributed by atoms with Crippen LogP contribution >= 0.6 is 0 Å². The topological polar surface area (TPSA) is 123 Å². The van der Waals surface area contributed by atoms with Crippen molar-refractivity contribution in [1.29, 1.82) is 0 Å². The number of hydrogen-bond acceptors (Lipinski definition) is 6. The van der Waals surface area contributed by atoms with Crippen molar-refractivity contribution in [3.8, 4) is 0 Å². The zero-order chi connectivity index (χ0) is 15.2. The first kappa shape index (κ1) is 15.9. The number of carbonyl (C=O) groups excluding carboxylic acids is 1. The normalized spacial score (nSPS) is 10.8. The molecule has 1 heterocycles. The van der Waals surface area contributed by atoms with Crippen molar-refractivity contribution in [1.82, 2.24) is 4.98 Å². The van der Waals surface area contributed by atoms with Gasteiger partial charge in [0.2, 0.25) is 10.0 Å². The van der Waals surface area contributed by atoms with Crippen LogP contribution in [-0.4, -0.2) is 42.8 Å². The molecule has 1 aromatic heterocycles. The van der Waals surface area contributed by atoms with E-state index in [2.05, 4.69) is 14.4 Å². The second-order valence-corrected chi connectivity index (χ2v) is 5.55. The Kier molecular flexibility index (Phi) is 5.44. The Balaban J connectivity index is 2.69. The van der Waals surface area contributed by atoms with Crippen LogP contribution in [0.5, 0.6) is 0 Å². The van der Waals surface area contributed by atoms with Crippen LogP contribution in [0.3, 0.4) is 0 Å². The van der Waals surface area contributed by atoms with Crippen molar-refractivity contribution in [2.45, 2.75) is 13.3 Å². The highest BCUT2D eigenvalue weighted by atomic mass is 32.2. The van der Waals surface area contributed by atoms with E-state index in [0.717, 1.165) is 6.07 Å². The molecule has 1 rings (SSSR count). The zero-order valence-electron chi connectivity index (χ0n) is 10.7. The molecule has 1 aromatic rings. The van der Waals surface area contributed by atoms with E-state index >= 15 is 0 Å². The molecule has 20 heavy (non-hydrogen) atoms. The highest BCUT2D eigenvalue weighted by molar-refractivity contribution is 7.92. The number of anilines is 1. The molecular weight excluding hydrogens is 288 g/mol. The van der Waals surface area contributed by atoms with Gasteiger partial charge in [0.05, 0.1) is 24.5 Å². The lowest BCUT2D eigenvalue weighted by atomic mass is 10.3. The van der Waals surface area contributed by atoms with E-state index in [-0.39, 0.29) is 24.4 Å². The van der Waals surface area contributed by atoms with Gasteiger partial charge in [-0.15, -0.1) is 0 Å². The number of aromatic carboxylic acids is 1. The quantitative estimate of drug-likeness (QED) is 0.702. The molecule has 0 bridgehead atoms. The van der Waals surface area contributed by atoms with E-state index in [9.17, 15) is 18.0 Å². The molecule has 0 saturated heterocycles. The molecule has 0 unspecified atom stereocenters. The van der Waals surface area contributed by atoms with E-state index < -0.39 is 27.7 Å². The molecule has 8 nitrogen and oxygen atoms in total. The van der Waals surface area contributed by atoms with Gasteiger partial charge in [0, 0.05) is 6.20 Å². The fraction of sp³-hybridized carbons (Fsp3) is 0.364. The third-order valence-electron chi connectivity index (χ3n) is 2.13. The van der Waals surface area contributed by atoms with E-state index in [4.69, 9.17) is 5.11 Å². The Morgan fingerprint density at radius 1 is 1.45 bits per heavy atom. The number of esters is 1. The lowest BCUT2D eigenvalue weighted by Crippen LogP contribution is -2.20. The third-order valence-corrected chi connectivity index (χ3v) is 3.42. The molecule has 0 saturated carbocycles. The number of carboxylic acids is 1. The second-order valence-electron chi connectivity index (χ2n) is 3.71.